The maximum atomic E-state index is 13.7. The molecule has 0 bridgehead atoms. The highest BCUT2D eigenvalue weighted by Gasteiger charge is 2.38. The van der Waals surface area contributed by atoms with Crippen LogP contribution in [0, 0.1) is 5.92 Å². The van der Waals surface area contributed by atoms with Crippen LogP contribution in [0.15, 0.2) is 29.3 Å². The van der Waals surface area contributed by atoms with E-state index in [-0.39, 0.29) is 56.5 Å². The van der Waals surface area contributed by atoms with Crippen LogP contribution < -0.4 is 38.9 Å². The zero-order chi connectivity index (χ0) is 32.1. The molecule has 15 heteroatoms. The molecule has 0 unspecified atom stereocenters. The van der Waals surface area contributed by atoms with Crippen molar-refractivity contribution in [3.63, 3.8) is 0 Å². The lowest BCUT2D eigenvalue weighted by Gasteiger charge is -2.30. The SMILES string of the molecule is CC(C)C[C@H](NC(=O)[C@@H](N)Cc1ccc(O)cc1)C(=O)N[C@@H](CCCN=C(N)N)C(=O)N1CCC[C@H]1C(=O)NCC(N)=O. The van der Waals surface area contributed by atoms with Crippen molar-refractivity contribution in [2.75, 3.05) is 19.6 Å². The molecule has 1 aliphatic rings. The van der Waals surface area contributed by atoms with Gasteiger partial charge in [0.1, 0.15) is 23.9 Å². The van der Waals surface area contributed by atoms with Crippen molar-refractivity contribution < 1.29 is 29.1 Å². The number of phenols is 1. The van der Waals surface area contributed by atoms with E-state index in [0.29, 0.717) is 19.3 Å². The third-order valence-corrected chi connectivity index (χ3v) is 6.90. The van der Waals surface area contributed by atoms with Gasteiger partial charge in [-0.05, 0) is 62.1 Å². The zero-order valence-corrected chi connectivity index (χ0v) is 24.8. The Morgan fingerprint density at radius 2 is 1.67 bits per heavy atom. The van der Waals surface area contributed by atoms with Crippen molar-refractivity contribution in [1.82, 2.24) is 20.9 Å². The summed E-state index contributed by atoms with van der Waals surface area (Å²) in [5.74, 6) is -2.84. The summed E-state index contributed by atoms with van der Waals surface area (Å²) in [6, 6.07) is 2.47. The van der Waals surface area contributed by atoms with E-state index in [1.165, 1.54) is 17.0 Å². The molecule has 1 aromatic carbocycles. The molecule has 0 aromatic heterocycles. The fourth-order valence-electron chi connectivity index (χ4n) is 4.79. The molecule has 5 amide bonds. The lowest BCUT2D eigenvalue weighted by Crippen LogP contribution is -2.58. The first-order valence-corrected chi connectivity index (χ1v) is 14.3. The second kappa shape index (κ2) is 16.9. The number of nitrogens with one attached hydrogen (secondary N) is 3. The van der Waals surface area contributed by atoms with E-state index in [1.54, 1.807) is 12.1 Å². The number of amides is 5. The van der Waals surface area contributed by atoms with Gasteiger partial charge in [-0.15, -0.1) is 0 Å². The van der Waals surface area contributed by atoms with Crippen molar-refractivity contribution in [3.8, 4) is 5.75 Å². The van der Waals surface area contributed by atoms with Crippen LogP contribution in [-0.4, -0.2) is 89.3 Å². The number of aliphatic imine (C=N–C) groups is 1. The number of nitrogens with zero attached hydrogens (tertiary/aromatic N) is 2. The second-order valence-electron chi connectivity index (χ2n) is 11.1. The van der Waals surface area contributed by atoms with Crippen molar-refractivity contribution >= 4 is 35.5 Å². The van der Waals surface area contributed by atoms with Gasteiger partial charge in [-0.3, -0.25) is 29.0 Å². The lowest BCUT2D eigenvalue weighted by molar-refractivity contribution is -0.142. The van der Waals surface area contributed by atoms with Gasteiger partial charge in [0.05, 0.1) is 12.6 Å². The molecular formula is C28H45N9O6. The Morgan fingerprint density at radius 3 is 2.28 bits per heavy atom. The predicted molar refractivity (Wildman–Crippen MR) is 160 cm³/mol. The van der Waals surface area contributed by atoms with E-state index in [1.807, 2.05) is 13.8 Å². The van der Waals surface area contributed by atoms with Crippen LogP contribution in [-0.2, 0) is 30.4 Å². The highest BCUT2D eigenvalue weighted by Crippen LogP contribution is 2.20. The molecular weight excluding hydrogens is 558 g/mol. The van der Waals surface area contributed by atoms with Crippen molar-refractivity contribution in [2.24, 2.45) is 33.8 Å². The largest absolute Gasteiger partial charge is 0.508 e. The maximum Gasteiger partial charge on any atom is 0.245 e. The zero-order valence-electron chi connectivity index (χ0n) is 24.8. The van der Waals surface area contributed by atoms with Crippen LogP contribution >= 0.6 is 0 Å². The molecule has 0 saturated carbocycles. The van der Waals surface area contributed by atoms with Crippen LogP contribution in [0.5, 0.6) is 5.75 Å². The van der Waals surface area contributed by atoms with E-state index >= 15 is 0 Å². The molecule has 4 atom stereocenters. The van der Waals surface area contributed by atoms with E-state index in [0.717, 1.165) is 5.56 Å². The molecule has 1 fully saturated rings. The summed E-state index contributed by atoms with van der Waals surface area (Å²) in [7, 11) is 0. The number of carbonyl (C=O) groups is 5. The fourth-order valence-corrected chi connectivity index (χ4v) is 4.79. The first kappa shape index (κ1) is 34.8. The Labute approximate surface area is 251 Å². The number of guanidine groups is 1. The molecule has 0 aliphatic carbocycles. The van der Waals surface area contributed by atoms with Crippen LogP contribution in [0.3, 0.4) is 0 Å². The first-order chi connectivity index (χ1) is 20.3. The van der Waals surface area contributed by atoms with Crippen LogP contribution in [0.1, 0.15) is 51.5 Å². The van der Waals surface area contributed by atoms with Crippen LogP contribution in [0.4, 0.5) is 0 Å². The fraction of sp³-hybridized carbons (Fsp3) is 0.571. The minimum atomic E-state index is -1.04. The minimum absolute atomic E-state index is 0.0114. The van der Waals surface area contributed by atoms with E-state index in [9.17, 15) is 29.1 Å². The van der Waals surface area contributed by atoms with Gasteiger partial charge in [-0.1, -0.05) is 26.0 Å². The maximum absolute atomic E-state index is 13.7. The molecule has 0 radical (unpaired) electrons. The lowest BCUT2D eigenvalue weighted by atomic mass is 10.0. The van der Waals surface area contributed by atoms with Gasteiger partial charge in [0.2, 0.25) is 29.5 Å². The number of rotatable bonds is 16. The monoisotopic (exact) mass is 603 g/mol. The van der Waals surface area contributed by atoms with Crippen molar-refractivity contribution in [1.29, 1.82) is 0 Å². The Kier molecular flexibility index (Phi) is 13.7. The summed E-state index contributed by atoms with van der Waals surface area (Å²) in [5.41, 5.74) is 22.8. The number of carbonyl (C=O) groups excluding carboxylic acids is 5. The van der Waals surface area contributed by atoms with Gasteiger partial charge in [-0.2, -0.15) is 0 Å². The van der Waals surface area contributed by atoms with Crippen LogP contribution in [0.25, 0.3) is 0 Å². The number of nitrogens with two attached hydrogens (primary N) is 4. The highest BCUT2D eigenvalue weighted by molar-refractivity contribution is 5.95. The topological polar surface area (TPSA) is 261 Å². The van der Waals surface area contributed by atoms with E-state index in [2.05, 4.69) is 20.9 Å². The first-order valence-electron chi connectivity index (χ1n) is 14.3. The normalized spacial score (nSPS) is 16.6. The Bertz CT molecular complexity index is 1150. The van der Waals surface area contributed by atoms with Gasteiger partial charge >= 0.3 is 0 Å². The summed E-state index contributed by atoms with van der Waals surface area (Å²) < 4.78 is 0. The van der Waals surface area contributed by atoms with Gasteiger partial charge < -0.3 is 48.9 Å². The Morgan fingerprint density at radius 1 is 1.02 bits per heavy atom. The molecule has 15 nitrogen and oxygen atoms in total. The number of primary amides is 1. The molecule has 43 heavy (non-hydrogen) atoms. The molecule has 1 heterocycles. The summed E-state index contributed by atoms with van der Waals surface area (Å²) in [4.78, 5) is 69.3. The molecule has 1 aromatic rings. The van der Waals surface area contributed by atoms with E-state index < -0.39 is 53.7 Å². The van der Waals surface area contributed by atoms with Gasteiger partial charge in [0, 0.05) is 13.1 Å². The van der Waals surface area contributed by atoms with Crippen molar-refractivity contribution in [3.05, 3.63) is 29.8 Å². The molecule has 238 valence electrons. The number of phenolic OH excluding ortho intramolecular Hbond substituents is 1. The molecule has 1 aliphatic heterocycles. The number of aromatic hydroxyl groups is 1. The minimum Gasteiger partial charge on any atom is -0.508 e. The molecule has 2 rings (SSSR count). The summed E-state index contributed by atoms with van der Waals surface area (Å²) in [6.45, 7) is 3.91. The third kappa shape index (κ3) is 11.8. The van der Waals surface area contributed by atoms with E-state index in [4.69, 9.17) is 22.9 Å². The average molecular weight is 604 g/mol. The highest BCUT2D eigenvalue weighted by atomic mass is 16.3. The smallest absolute Gasteiger partial charge is 0.245 e. The summed E-state index contributed by atoms with van der Waals surface area (Å²) in [5, 5.41) is 17.4. The molecule has 0 spiro atoms. The van der Waals surface area contributed by atoms with Gasteiger partial charge in [0.15, 0.2) is 5.96 Å². The Balaban J connectivity index is 2.18. The van der Waals surface area contributed by atoms with Gasteiger partial charge in [0.25, 0.3) is 0 Å². The summed E-state index contributed by atoms with van der Waals surface area (Å²) >= 11 is 0. The average Bonchev–Trinajstić information content (AvgIpc) is 3.43. The Hall–Kier alpha value is -4.40. The van der Waals surface area contributed by atoms with Crippen LogP contribution in [0.2, 0.25) is 0 Å². The number of hydrogen-bond donors (Lipinski definition) is 8. The number of likely N-dealkylation sites (tertiary alicyclic amines) is 1. The molecule has 12 N–H and O–H groups in total. The third-order valence-electron chi connectivity index (χ3n) is 6.90. The summed E-state index contributed by atoms with van der Waals surface area (Å²) in [6.07, 6.45) is 1.91. The predicted octanol–water partition coefficient (Wildman–Crippen LogP) is -2.08. The molecule has 1 saturated heterocycles. The number of hydrogen-bond acceptors (Lipinski definition) is 8. The number of benzene rings is 1. The standard InChI is InChI=1S/C28H45N9O6/c1-16(2)13-21(36-24(40)19(29)14-17-7-9-18(38)10-8-17)25(41)35-20(5-3-11-33-28(31)32)27(43)37-12-4-6-22(37)26(42)34-15-23(30)39/h7-10,16,19-22,38H,3-6,11-15,29H2,1-2H3,(H2,30,39)(H,34,42)(H,35,41)(H,36,40)(H4,31,32,33)/t19-,20-,21-,22-/m0/s1. The van der Waals surface area contributed by atoms with Gasteiger partial charge in [-0.25, -0.2) is 0 Å². The second-order valence-corrected chi connectivity index (χ2v) is 11.1. The quantitative estimate of drug-likeness (QED) is 0.0585. The van der Waals surface area contributed by atoms with Crippen molar-refractivity contribution in [2.45, 2.75) is 76.5 Å².